The lowest BCUT2D eigenvalue weighted by molar-refractivity contribution is -0.145. The van der Waals surface area contributed by atoms with E-state index in [2.05, 4.69) is 40.7 Å². The van der Waals surface area contributed by atoms with Gasteiger partial charge in [0.05, 0.1) is 14.2 Å². The molecular weight excluding hydrogens is 520 g/mol. The van der Waals surface area contributed by atoms with Crippen molar-refractivity contribution in [3.63, 3.8) is 0 Å². The van der Waals surface area contributed by atoms with Crippen molar-refractivity contribution < 1.29 is 19.0 Å². The molecule has 0 aliphatic heterocycles. The molecule has 4 aliphatic carbocycles. The van der Waals surface area contributed by atoms with E-state index in [0.717, 1.165) is 60.3 Å². The van der Waals surface area contributed by atoms with Gasteiger partial charge in [-0.1, -0.05) is 71.6 Å². The molecule has 42 heavy (non-hydrogen) atoms. The van der Waals surface area contributed by atoms with Crippen molar-refractivity contribution in [3.8, 4) is 11.5 Å². The minimum absolute atomic E-state index is 0.0279. The summed E-state index contributed by atoms with van der Waals surface area (Å²) in [5.41, 5.74) is 3.23. The number of fused-ring (bicyclic) bond motifs is 5. The number of hydrogen-bond donors (Lipinski definition) is 0. The summed E-state index contributed by atoms with van der Waals surface area (Å²) in [6.45, 7) is 12.5. The third kappa shape index (κ3) is 6.06. The van der Waals surface area contributed by atoms with Crippen LogP contribution in [-0.4, -0.2) is 26.3 Å². The summed E-state index contributed by atoms with van der Waals surface area (Å²) in [5.74, 6) is 6.12. The molecule has 4 nitrogen and oxygen atoms in total. The zero-order chi connectivity index (χ0) is 30.1. The average Bonchev–Trinajstić information content (AvgIpc) is 3.33. The van der Waals surface area contributed by atoms with Crippen LogP contribution in [0, 0.1) is 46.3 Å². The lowest BCUT2D eigenvalue weighted by Gasteiger charge is -2.58. The van der Waals surface area contributed by atoms with Crippen LogP contribution < -0.4 is 9.47 Å². The van der Waals surface area contributed by atoms with Crippen LogP contribution in [0.4, 0.5) is 0 Å². The molecule has 3 fully saturated rings. The van der Waals surface area contributed by atoms with E-state index in [1.807, 2.05) is 18.2 Å². The second-order valence-corrected chi connectivity index (χ2v) is 15.0. The van der Waals surface area contributed by atoms with Crippen LogP contribution in [0.3, 0.4) is 0 Å². The number of benzene rings is 1. The molecule has 0 saturated heterocycles. The Hall–Kier alpha value is -2.23. The normalized spacial score (nSPS) is 34.8. The van der Waals surface area contributed by atoms with E-state index in [4.69, 9.17) is 14.2 Å². The van der Waals surface area contributed by atoms with E-state index in [1.54, 1.807) is 31.9 Å². The van der Waals surface area contributed by atoms with Gasteiger partial charge in [-0.2, -0.15) is 0 Å². The van der Waals surface area contributed by atoms with Gasteiger partial charge in [-0.15, -0.1) is 0 Å². The number of ether oxygens (including phenoxy) is 3. The standard InChI is InChI=1S/C38H56O4/c1-25(2)9-8-10-26(3)31-15-16-32-30-14-13-28-24-29(19-21-37(28,4)33(30)20-22-38(31,32)5)42-36(39)18-12-27-11-17-34(40-6)35(23-27)41-7/h11-13,17-18,23,25-26,29-33H,8-10,14-16,19-22,24H2,1-7H3/b18-12+/t26-,29+,30+,31-,32+,33-,37+,38-/m1/s1. The minimum atomic E-state index is -0.263. The SMILES string of the molecule is COc1ccc(/C=C/C(=O)O[C@H]2CC[C@@]3(C)C(=CC[C@@H]4[C@H]3CC[C@]3(C)[C@@H]([C@H](C)CCCC(C)C)CC[C@@H]43)C2)cc1OC. The van der Waals surface area contributed by atoms with E-state index in [-0.39, 0.29) is 17.5 Å². The summed E-state index contributed by atoms with van der Waals surface area (Å²) < 4.78 is 16.7. The van der Waals surface area contributed by atoms with Gasteiger partial charge in [0.1, 0.15) is 6.10 Å². The highest BCUT2D eigenvalue weighted by molar-refractivity contribution is 5.87. The summed E-state index contributed by atoms with van der Waals surface area (Å²) in [5, 5.41) is 0. The number of allylic oxidation sites excluding steroid dienone is 1. The van der Waals surface area contributed by atoms with Crippen molar-refractivity contribution in [2.24, 2.45) is 46.3 Å². The molecule has 1 aromatic rings. The van der Waals surface area contributed by atoms with Gasteiger partial charge in [0, 0.05) is 12.5 Å². The summed E-state index contributed by atoms with van der Waals surface area (Å²) in [7, 11) is 3.24. The van der Waals surface area contributed by atoms with Crippen molar-refractivity contribution in [1.29, 1.82) is 0 Å². The molecule has 0 amide bonds. The first kappa shape index (κ1) is 31.2. The highest BCUT2D eigenvalue weighted by atomic mass is 16.5. The van der Waals surface area contributed by atoms with Crippen molar-refractivity contribution in [2.75, 3.05) is 14.2 Å². The molecule has 0 N–H and O–H groups in total. The first-order valence-electron chi connectivity index (χ1n) is 16.9. The second-order valence-electron chi connectivity index (χ2n) is 15.0. The molecule has 0 spiro atoms. The molecule has 0 unspecified atom stereocenters. The Balaban J connectivity index is 1.20. The van der Waals surface area contributed by atoms with Crippen LogP contribution in [0.2, 0.25) is 0 Å². The molecule has 3 saturated carbocycles. The van der Waals surface area contributed by atoms with Crippen molar-refractivity contribution in [2.45, 2.75) is 111 Å². The Bertz CT molecular complexity index is 1170. The zero-order valence-corrected chi connectivity index (χ0v) is 27.4. The Morgan fingerprint density at radius 1 is 0.976 bits per heavy atom. The van der Waals surface area contributed by atoms with E-state index >= 15 is 0 Å². The minimum Gasteiger partial charge on any atom is -0.493 e. The fourth-order valence-electron chi connectivity index (χ4n) is 10.1. The van der Waals surface area contributed by atoms with Gasteiger partial charge in [0.2, 0.25) is 0 Å². The highest BCUT2D eigenvalue weighted by Crippen LogP contribution is 2.67. The van der Waals surface area contributed by atoms with E-state index in [9.17, 15) is 4.79 Å². The van der Waals surface area contributed by atoms with Crippen LogP contribution in [0.15, 0.2) is 35.9 Å². The Morgan fingerprint density at radius 2 is 1.76 bits per heavy atom. The Kier molecular flexibility index (Phi) is 9.50. The van der Waals surface area contributed by atoms with Gasteiger partial charge in [0.15, 0.2) is 11.5 Å². The number of hydrogen-bond acceptors (Lipinski definition) is 4. The van der Waals surface area contributed by atoms with Gasteiger partial charge in [0.25, 0.3) is 0 Å². The fraction of sp³-hybridized carbons (Fsp3) is 0.711. The molecule has 0 radical (unpaired) electrons. The van der Waals surface area contributed by atoms with Crippen LogP contribution in [0.25, 0.3) is 6.08 Å². The first-order chi connectivity index (χ1) is 20.1. The Morgan fingerprint density at radius 3 is 2.50 bits per heavy atom. The van der Waals surface area contributed by atoms with E-state index in [0.29, 0.717) is 16.9 Å². The topological polar surface area (TPSA) is 44.8 Å². The highest BCUT2D eigenvalue weighted by Gasteiger charge is 2.59. The maximum atomic E-state index is 12.8. The molecule has 0 bridgehead atoms. The lowest BCUT2D eigenvalue weighted by Crippen LogP contribution is -2.51. The largest absolute Gasteiger partial charge is 0.493 e. The molecule has 5 rings (SSSR count). The van der Waals surface area contributed by atoms with Crippen molar-refractivity contribution >= 4 is 12.0 Å². The first-order valence-corrected chi connectivity index (χ1v) is 16.9. The summed E-state index contributed by atoms with van der Waals surface area (Å²) in [4.78, 5) is 12.8. The Labute approximate surface area is 255 Å². The predicted octanol–water partition coefficient (Wildman–Crippen LogP) is 9.67. The lowest BCUT2D eigenvalue weighted by atomic mass is 9.47. The molecule has 4 aliphatic rings. The van der Waals surface area contributed by atoms with Crippen LogP contribution in [-0.2, 0) is 9.53 Å². The van der Waals surface area contributed by atoms with E-state index < -0.39 is 0 Å². The number of carbonyl (C=O) groups excluding carboxylic acids is 1. The fourth-order valence-corrected chi connectivity index (χ4v) is 10.1. The third-order valence-electron chi connectivity index (χ3n) is 12.4. The monoisotopic (exact) mass is 576 g/mol. The maximum absolute atomic E-state index is 12.8. The quantitative estimate of drug-likeness (QED) is 0.158. The van der Waals surface area contributed by atoms with E-state index in [1.165, 1.54) is 51.4 Å². The van der Waals surface area contributed by atoms with Crippen LogP contribution in [0.5, 0.6) is 11.5 Å². The van der Waals surface area contributed by atoms with Gasteiger partial charge >= 0.3 is 5.97 Å². The summed E-state index contributed by atoms with van der Waals surface area (Å²) in [6.07, 6.45) is 19.9. The smallest absolute Gasteiger partial charge is 0.331 e. The van der Waals surface area contributed by atoms with Gasteiger partial charge in [-0.05, 0) is 115 Å². The third-order valence-corrected chi connectivity index (χ3v) is 12.4. The molecule has 4 heteroatoms. The van der Waals surface area contributed by atoms with Gasteiger partial charge < -0.3 is 14.2 Å². The molecule has 1 aromatic carbocycles. The molecule has 0 aromatic heterocycles. The second kappa shape index (κ2) is 12.8. The molecule has 0 heterocycles. The maximum Gasteiger partial charge on any atom is 0.331 e. The number of carbonyl (C=O) groups is 1. The molecule has 8 atom stereocenters. The predicted molar refractivity (Wildman–Crippen MR) is 172 cm³/mol. The van der Waals surface area contributed by atoms with Crippen LogP contribution >= 0.6 is 0 Å². The number of methoxy groups -OCH3 is 2. The van der Waals surface area contributed by atoms with Crippen molar-refractivity contribution in [3.05, 3.63) is 41.5 Å². The number of esters is 1. The summed E-state index contributed by atoms with van der Waals surface area (Å²) >= 11 is 0. The molecular formula is C38H56O4. The summed E-state index contributed by atoms with van der Waals surface area (Å²) in [6, 6.07) is 5.63. The average molecular weight is 577 g/mol. The zero-order valence-electron chi connectivity index (χ0n) is 27.4. The van der Waals surface area contributed by atoms with Crippen LogP contribution in [0.1, 0.15) is 111 Å². The van der Waals surface area contributed by atoms with Crippen molar-refractivity contribution in [1.82, 2.24) is 0 Å². The van der Waals surface area contributed by atoms with Gasteiger partial charge in [-0.3, -0.25) is 0 Å². The number of rotatable bonds is 10. The molecule has 232 valence electrons. The van der Waals surface area contributed by atoms with Gasteiger partial charge in [-0.25, -0.2) is 4.79 Å².